The fraction of sp³-hybridized carbons (Fsp3) is 0.250. The van der Waals surface area contributed by atoms with Crippen LogP contribution in [0.25, 0.3) is 0 Å². The third-order valence-electron chi connectivity index (χ3n) is 1.07. The maximum absolute atomic E-state index is 10.3. The highest BCUT2D eigenvalue weighted by Gasteiger charge is 2.16. The van der Waals surface area contributed by atoms with Gasteiger partial charge in [0.2, 0.25) is 5.03 Å². The number of aromatic amines is 1. The highest BCUT2D eigenvalue weighted by molar-refractivity contribution is 7.97. The van der Waals surface area contributed by atoms with Crippen LogP contribution in [0.15, 0.2) is 5.03 Å². The topological polar surface area (TPSA) is 97.8 Å². The fourth-order valence-corrected chi connectivity index (χ4v) is 1.09. The van der Waals surface area contributed by atoms with Gasteiger partial charge < -0.3 is 10.1 Å². The molecule has 1 aromatic heterocycles. The Morgan fingerprint density at radius 3 is 2.82 bits per heavy atom. The van der Waals surface area contributed by atoms with E-state index in [-0.39, 0.29) is 10.8 Å². The molecule has 1 aromatic rings. The third kappa shape index (κ3) is 1.49. The maximum Gasteiger partial charge on any atom is 0.356 e. The summed E-state index contributed by atoms with van der Waals surface area (Å²) in [4.78, 5) is 16.0. The van der Waals surface area contributed by atoms with Crippen molar-refractivity contribution in [3.8, 4) is 0 Å². The van der Waals surface area contributed by atoms with E-state index in [0.29, 0.717) is 5.82 Å². The Labute approximate surface area is 66.5 Å². The van der Waals surface area contributed by atoms with Crippen molar-refractivity contribution >= 4 is 17.8 Å². The van der Waals surface area contributed by atoms with E-state index in [1.165, 1.54) is 0 Å². The lowest BCUT2D eigenvalue weighted by molar-refractivity contribution is -0.392. The second-order valence-electron chi connectivity index (χ2n) is 1.85. The number of nitro groups is 1. The quantitative estimate of drug-likeness (QED) is 0.388. The zero-order valence-corrected chi connectivity index (χ0v) is 6.51. The second-order valence-corrected chi connectivity index (χ2v) is 2.47. The molecule has 0 spiro atoms. The Hall–Kier alpha value is -1.08. The van der Waals surface area contributed by atoms with Crippen LogP contribution < -0.4 is 5.14 Å². The molecule has 0 radical (unpaired) electrons. The molecule has 1 rings (SSSR count). The molecule has 11 heavy (non-hydrogen) atoms. The van der Waals surface area contributed by atoms with Crippen LogP contribution in [0.3, 0.4) is 0 Å². The lowest BCUT2D eigenvalue weighted by Crippen LogP contribution is -1.91. The Morgan fingerprint density at radius 1 is 1.82 bits per heavy atom. The molecule has 0 bridgehead atoms. The van der Waals surface area contributed by atoms with Crippen LogP contribution in [0.4, 0.5) is 5.82 Å². The lowest BCUT2D eigenvalue weighted by Gasteiger charge is -1.89. The third-order valence-corrected chi connectivity index (χ3v) is 1.57. The summed E-state index contributed by atoms with van der Waals surface area (Å²) >= 11 is 0.761. The highest BCUT2D eigenvalue weighted by atomic mass is 32.2. The maximum atomic E-state index is 10.3. The van der Waals surface area contributed by atoms with Crippen LogP contribution in [0.5, 0.6) is 0 Å². The zero-order valence-electron chi connectivity index (χ0n) is 5.70. The van der Waals surface area contributed by atoms with Gasteiger partial charge in [-0.05, 0) is 16.9 Å². The second kappa shape index (κ2) is 2.89. The van der Waals surface area contributed by atoms with Crippen LogP contribution in [-0.2, 0) is 0 Å². The summed E-state index contributed by atoms with van der Waals surface area (Å²) in [5, 5.41) is 15.6. The van der Waals surface area contributed by atoms with Crippen molar-refractivity contribution in [1.82, 2.24) is 9.97 Å². The standard InChI is InChI=1S/C4H6N4O2S/c1-2-6-3(8(9)10)4(7-2)11-5/h5H2,1H3,(H,6,7). The molecule has 7 heteroatoms. The highest BCUT2D eigenvalue weighted by Crippen LogP contribution is 2.21. The zero-order chi connectivity index (χ0) is 8.43. The average molecular weight is 174 g/mol. The summed E-state index contributed by atoms with van der Waals surface area (Å²) in [6.07, 6.45) is 0. The first kappa shape index (κ1) is 8.02. The van der Waals surface area contributed by atoms with E-state index in [1.54, 1.807) is 6.92 Å². The summed E-state index contributed by atoms with van der Waals surface area (Å²) in [6.45, 7) is 1.63. The van der Waals surface area contributed by atoms with Crippen molar-refractivity contribution in [1.29, 1.82) is 0 Å². The lowest BCUT2D eigenvalue weighted by atomic mass is 10.7. The van der Waals surface area contributed by atoms with Gasteiger partial charge in [0.05, 0.1) is 0 Å². The van der Waals surface area contributed by atoms with Crippen LogP contribution in [-0.4, -0.2) is 14.9 Å². The number of nitrogens with one attached hydrogen (secondary N) is 1. The molecule has 0 atom stereocenters. The smallest absolute Gasteiger partial charge is 0.356 e. The molecular weight excluding hydrogens is 168 g/mol. The first-order valence-corrected chi connectivity index (χ1v) is 3.61. The molecule has 0 unspecified atom stereocenters. The summed E-state index contributed by atoms with van der Waals surface area (Å²) in [5.41, 5.74) is 0. The van der Waals surface area contributed by atoms with Crippen LogP contribution >= 0.6 is 11.9 Å². The predicted octanol–water partition coefficient (Wildman–Crippen LogP) is 0.592. The average Bonchev–Trinajstić information content (AvgIpc) is 2.30. The number of aryl methyl sites for hydroxylation is 1. The van der Waals surface area contributed by atoms with Gasteiger partial charge in [-0.25, -0.2) is 4.98 Å². The monoisotopic (exact) mass is 174 g/mol. The fourth-order valence-electron chi connectivity index (χ4n) is 0.664. The first-order chi connectivity index (χ1) is 5.15. The Morgan fingerprint density at radius 2 is 2.45 bits per heavy atom. The van der Waals surface area contributed by atoms with E-state index in [0.717, 1.165) is 11.9 Å². The molecule has 0 saturated heterocycles. The van der Waals surface area contributed by atoms with Crippen molar-refractivity contribution in [3.05, 3.63) is 15.9 Å². The summed E-state index contributed by atoms with van der Waals surface area (Å²) in [6, 6.07) is 0. The number of H-pyrrole nitrogens is 1. The molecule has 0 aliphatic carbocycles. The molecule has 0 saturated carbocycles. The molecule has 0 aliphatic heterocycles. The molecule has 60 valence electrons. The van der Waals surface area contributed by atoms with Crippen LogP contribution in [0.1, 0.15) is 5.82 Å². The van der Waals surface area contributed by atoms with Gasteiger partial charge in [0.15, 0.2) is 5.82 Å². The van der Waals surface area contributed by atoms with Gasteiger partial charge in [-0.15, -0.1) is 0 Å². The summed E-state index contributed by atoms with van der Waals surface area (Å²) < 4.78 is 0. The first-order valence-electron chi connectivity index (χ1n) is 2.73. The molecule has 6 nitrogen and oxygen atoms in total. The minimum absolute atomic E-state index is 0.144. The van der Waals surface area contributed by atoms with Crippen molar-refractivity contribution < 1.29 is 4.92 Å². The van der Waals surface area contributed by atoms with Gasteiger partial charge in [0.25, 0.3) is 0 Å². The Balaban J connectivity index is 3.12. The normalized spacial score (nSPS) is 10.0. The van der Waals surface area contributed by atoms with Crippen molar-refractivity contribution in [2.75, 3.05) is 0 Å². The van der Waals surface area contributed by atoms with E-state index in [1.807, 2.05) is 0 Å². The van der Waals surface area contributed by atoms with Gasteiger partial charge in [-0.1, -0.05) is 0 Å². The number of hydrogen-bond acceptors (Lipinski definition) is 5. The molecule has 3 N–H and O–H groups in total. The van der Waals surface area contributed by atoms with Gasteiger partial charge in [-0.3, -0.25) is 5.14 Å². The predicted molar refractivity (Wildman–Crippen MR) is 40.0 cm³/mol. The van der Waals surface area contributed by atoms with E-state index in [9.17, 15) is 10.1 Å². The number of imidazole rings is 1. The van der Waals surface area contributed by atoms with Crippen molar-refractivity contribution in [3.63, 3.8) is 0 Å². The molecule has 0 amide bonds. The van der Waals surface area contributed by atoms with Gasteiger partial charge >= 0.3 is 5.82 Å². The minimum atomic E-state index is -0.546. The molecule has 1 heterocycles. The van der Waals surface area contributed by atoms with E-state index in [4.69, 9.17) is 5.14 Å². The summed E-state index contributed by atoms with van der Waals surface area (Å²) in [7, 11) is 0. The van der Waals surface area contributed by atoms with Crippen LogP contribution in [0, 0.1) is 17.0 Å². The number of nitrogens with two attached hydrogens (primary N) is 1. The minimum Gasteiger partial charge on any atom is -0.358 e. The molecule has 0 aromatic carbocycles. The summed E-state index contributed by atoms with van der Waals surface area (Å²) in [5.74, 6) is 0.347. The molecule has 0 aliphatic rings. The number of aromatic nitrogens is 2. The van der Waals surface area contributed by atoms with E-state index < -0.39 is 4.92 Å². The molecular formula is C4H6N4O2S. The van der Waals surface area contributed by atoms with E-state index >= 15 is 0 Å². The van der Waals surface area contributed by atoms with Crippen molar-refractivity contribution in [2.24, 2.45) is 5.14 Å². The number of rotatable bonds is 2. The SMILES string of the molecule is Cc1nc(SN)c([N+](=O)[O-])[nH]1. The van der Waals surface area contributed by atoms with Gasteiger partial charge in [0, 0.05) is 6.92 Å². The Kier molecular flexibility index (Phi) is 2.11. The van der Waals surface area contributed by atoms with Gasteiger partial charge in [0.1, 0.15) is 0 Å². The number of nitrogens with zero attached hydrogens (tertiary/aromatic N) is 2. The van der Waals surface area contributed by atoms with Gasteiger partial charge in [-0.2, -0.15) is 4.98 Å². The number of hydrogen-bond donors (Lipinski definition) is 2. The Bertz CT molecular complexity index is 284. The van der Waals surface area contributed by atoms with E-state index in [2.05, 4.69) is 9.97 Å². The van der Waals surface area contributed by atoms with Crippen molar-refractivity contribution in [2.45, 2.75) is 11.9 Å². The van der Waals surface area contributed by atoms with Crippen LogP contribution in [0.2, 0.25) is 0 Å². The largest absolute Gasteiger partial charge is 0.358 e. The molecule has 0 fully saturated rings.